The van der Waals surface area contributed by atoms with Gasteiger partial charge in [0.15, 0.2) is 0 Å². The van der Waals surface area contributed by atoms with Gasteiger partial charge in [-0.1, -0.05) is 25.1 Å². The lowest BCUT2D eigenvalue weighted by molar-refractivity contribution is -0.116. The number of amides is 1. The Morgan fingerprint density at radius 2 is 2.04 bits per heavy atom. The summed E-state index contributed by atoms with van der Waals surface area (Å²) in [6.07, 6.45) is 2.28. The first kappa shape index (κ1) is 18.6. The van der Waals surface area contributed by atoms with Crippen molar-refractivity contribution in [3.63, 3.8) is 0 Å². The summed E-state index contributed by atoms with van der Waals surface area (Å²) in [5.41, 5.74) is 2.54. The van der Waals surface area contributed by atoms with E-state index in [2.05, 4.69) is 10.3 Å². The van der Waals surface area contributed by atoms with E-state index in [-0.39, 0.29) is 18.0 Å². The maximum absolute atomic E-state index is 13.1. The molecule has 0 aliphatic carbocycles. The fourth-order valence-corrected chi connectivity index (χ4v) is 5.00. The van der Waals surface area contributed by atoms with E-state index in [1.165, 1.54) is 27.1 Å². The Kier molecular flexibility index (Phi) is 5.11. The van der Waals surface area contributed by atoms with Crippen molar-refractivity contribution in [3.8, 4) is 10.4 Å². The molecule has 1 aromatic carbocycles. The lowest BCUT2D eigenvalue weighted by Crippen LogP contribution is -2.28. The van der Waals surface area contributed by atoms with Crippen LogP contribution >= 0.6 is 22.7 Å². The number of nitrogens with one attached hydrogen (secondary N) is 1. The summed E-state index contributed by atoms with van der Waals surface area (Å²) < 4.78 is 1.38. The van der Waals surface area contributed by atoms with Gasteiger partial charge >= 0.3 is 0 Å². The number of anilines is 1. The van der Waals surface area contributed by atoms with E-state index >= 15 is 0 Å². The maximum Gasteiger partial charge on any atom is 0.263 e. The summed E-state index contributed by atoms with van der Waals surface area (Å²) in [5.74, 6) is -0.243. The topological polar surface area (TPSA) is 64.0 Å². The van der Waals surface area contributed by atoms with Gasteiger partial charge in [-0.25, -0.2) is 4.98 Å². The SMILES string of the molecule is CCc1ccccc1NC(=O)Cn1cnc2scc(-c3ccc(C)s3)c2c1=O. The number of para-hydroxylation sites is 1. The molecule has 4 aromatic rings. The third-order valence-electron chi connectivity index (χ3n) is 4.55. The second kappa shape index (κ2) is 7.69. The number of rotatable bonds is 5. The molecule has 1 N–H and O–H groups in total. The summed E-state index contributed by atoms with van der Waals surface area (Å²) in [7, 11) is 0. The van der Waals surface area contributed by atoms with E-state index < -0.39 is 0 Å². The molecule has 28 heavy (non-hydrogen) atoms. The van der Waals surface area contributed by atoms with Gasteiger partial charge in [0.25, 0.3) is 5.56 Å². The number of hydrogen-bond acceptors (Lipinski definition) is 5. The Hall–Kier alpha value is -2.77. The van der Waals surface area contributed by atoms with E-state index in [1.807, 2.05) is 55.6 Å². The van der Waals surface area contributed by atoms with Gasteiger partial charge in [0, 0.05) is 26.4 Å². The molecule has 1 amide bonds. The van der Waals surface area contributed by atoms with E-state index in [9.17, 15) is 9.59 Å². The van der Waals surface area contributed by atoms with Crippen molar-refractivity contribution >= 4 is 44.5 Å². The fraction of sp³-hybridized carbons (Fsp3) is 0.190. The largest absolute Gasteiger partial charge is 0.324 e. The standard InChI is InChI=1S/C21H19N3O2S2/c1-3-14-6-4-5-7-16(14)23-18(25)10-24-12-22-20-19(21(24)26)15(11-27-20)17-9-8-13(2)28-17/h4-9,11-12H,3,10H2,1-2H3,(H,23,25). The zero-order valence-electron chi connectivity index (χ0n) is 15.6. The van der Waals surface area contributed by atoms with Crippen molar-refractivity contribution in [2.45, 2.75) is 26.8 Å². The van der Waals surface area contributed by atoms with Crippen LogP contribution < -0.4 is 10.9 Å². The molecule has 4 rings (SSSR count). The zero-order valence-corrected chi connectivity index (χ0v) is 17.2. The lowest BCUT2D eigenvalue weighted by Gasteiger charge is -2.10. The van der Waals surface area contributed by atoms with Crippen molar-refractivity contribution < 1.29 is 4.79 Å². The predicted molar refractivity (Wildman–Crippen MR) is 116 cm³/mol. The first-order chi connectivity index (χ1) is 13.6. The van der Waals surface area contributed by atoms with Gasteiger partial charge in [-0.15, -0.1) is 22.7 Å². The molecular weight excluding hydrogens is 390 g/mol. The average molecular weight is 410 g/mol. The minimum atomic E-state index is -0.243. The van der Waals surface area contributed by atoms with E-state index in [1.54, 1.807) is 11.3 Å². The van der Waals surface area contributed by atoms with E-state index in [0.29, 0.717) is 10.2 Å². The first-order valence-corrected chi connectivity index (χ1v) is 10.7. The second-order valence-corrected chi connectivity index (χ2v) is 8.62. The van der Waals surface area contributed by atoms with Crippen LogP contribution in [0.4, 0.5) is 5.69 Å². The number of aryl methyl sites for hydroxylation is 2. The van der Waals surface area contributed by atoms with Crippen molar-refractivity contribution in [3.05, 3.63) is 68.9 Å². The Labute approximate surface area is 170 Å². The molecule has 0 unspecified atom stereocenters. The van der Waals surface area contributed by atoms with Gasteiger partial charge in [-0.05, 0) is 37.1 Å². The molecule has 0 saturated heterocycles. The van der Waals surface area contributed by atoms with E-state index in [4.69, 9.17) is 0 Å². The molecule has 7 heteroatoms. The molecule has 5 nitrogen and oxygen atoms in total. The van der Waals surface area contributed by atoms with Crippen molar-refractivity contribution in [1.29, 1.82) is 0 Å². The van der Waals surface area contributed by atoms with Crippen molar-refractivity contribution in [1.82, 2.24) is 9.55 Å². The fourth-order valence-electron chi connectivity index (χ4n) is 3.14. The molecule has 0 radical (unpaired) electrons. The Bertz CT molecular complexity index is 1220. The normalized spacial score (nSPS) is 11.1. The average Bonchev–Trinajstić information content (AvgIpc) is 3.31. The highest BCUT2D eigenvalue weighted by molar-refractivity contribution is 7.19. The van der Waals surface area contributed by atoms with Crippen LogP contribution in [0.3, 0.4) is 0 Å². The van der Waals surface area contributed by atoms with Gasteiger partial charge in [0.2, 0.25) is 5.91 Å². The second-order valence-electron chi connectivity index (χ2n) is 6.48. The van der Waals surface area contributed by atoms with Crippen LogP contribution in [0.25, 0.3) is 20.7 Å². The van der Waals surface area contributed by atoms with Gasteiger partial charge in [-0.2, -0.15) is 0 Å². The molecular formula is C21H19N3O2S2. The summed E-state index contributed by atoms with van der Waals surface area (Å²) in [6.45, 7) is 4.01. The van der Waals surface area contributed by atoms with Gasteiger partial charge < -0.3 is 5.32 Å². The van der Waals surface area contributed by atoms with Crippen LogP contribution in [0.5, 0.6) is 0 Å². The Balaban J connectivity index is 1.65. The minimum Gasteiger partial charge on any atom is -0.324 e. The van der Waals surface area contributed by atoms with Crippen LogP contribution in [0.1, 0.15) is 17.4 Å². The number of thiophene rings is 2. The van der Waals surface area contributed by atoms with Crippen LogP contribution in [-0.4, -0.2) is 15.5 Å². The minimum absolute atomic E-state index is 0.0709. The van der Waals surface area contributed by atoms with Crippen LogP contribution in [0.15, 0.2) is 52.9 Å². The van der Waals surface area contributed by atoms with Gasteiger partial charge in [-0.3, -0.25) is 14.2 Å². The van der Waals surface area contributed by atoms with Crippen LogP contribution in [0.2, 0.25) is 0 Å². The highest BCUT2D eigenvalue weighted by atomic mass is 32.1. The third kappa shape index (κ3) is 3.50. The number of carbonyl (C=O) groups is 1. The Morgan fingerprint density at radius 1 is 1.21 bits per heavy atom. The molecule has 0 bridgehead atoms. The smallest absolute Gasteiger partial charge is 0.263 e. The highest BCUT2D eigenvalue weighted by Gasteiger charge is 2.16. The quantitative estimate of drug-likeness (QED) is 0.520. The summed E-state index contributed by atoms with van der Waals surface area (Å²) >= 11 is 3.10. The third-order valence-corrected chi connectivity index (χ3v) is 6.47. The molecule has 3 heterocycles. The number of hydrogen-bond donors (Lipinski definition) is 1. The van der Waals surface area contributed by atoms with Crippen LogP contribution in [0, 0.1) is 6.92 Å². The van der Waals surface area contributed by atoms with E-state index in [0.717, 1.165) is 28.1 Å². The monoisotopic (exact) mass is 409 g/mol. The maximum atomic E-state index is 13.1. The number of nitrogens with zero attached hydrogens (tertiary/aromatic N) is 2. The number of benzene rings is 1. The predicted octanol–water partition coefficient (Wildman–Crippen LogP) is 4.70. The summed E-state index contributed by atoms with van der Waals surface area (Å²) in [4.78, 5) is 32.9. The molecule has 0 spiro atoms. The summed E-state index contributed by atoms with van der Waals surface area (Å²) in [5, 5.41) is 5.45. The van der Waals surface area contributed by atoms with Crippen molar-refractivity contribution in [2.75, 3.05) is 5.32 Å². The molecule has 142 valence electrons. The highest BCUT2D eigenvalue weighted by Crippen LogP contribution is 2.34. The molecule has 0 aliphatic rings. The van der Waals surface area contributed by atoms with Gasteiger partial charge in [0.05, 0.1) is 11.7 Å². The number of carbonyl (C=O) groups excluding carboxylic acids is 1. The Morgan fingerprint density at radius 3 is 2.79 bits per heavy atom. The molecule has 0 saturated carbocycles. The molecule has 0 aliphatic heterocycles. The number of aromatic nitrogens is 2. The molecule has 0 fully saturated rings. The zero-order chi connectivity index (χ0) is 19.7. The van der Waals surface area contributed by atoms with Crippen LogP contribution in [-0.2, 0) is 17.8 Å². The summed E-state index contributed by atoms with van der Waals surface area (Å²) in [6, 6.07) is 11.7. The molecule has 3 aromatic heterocycles. The van der Waals surface area contributed by atoms with Gasteiger partial charge in [0.1, 0.15) is 11.4 Å². The lowest BCUT2D eigenvalue weighted by atomic mass is 10.1. The molecule has 0 atom stereocenters. The number of fused-ring (bicyclic) bond motifs is 1. The first-order valence-electron chi connectivity index (χ1n) is 8.98. The van der Waals surface area contributed by atoms with Crippen molar-refractivity contribution in [2.24, 2.45) is 0 Å².